The number of benzene rings is 1. The molecular formula is C16H19N3S2. The molecule has 2 heterocycles. The van der Waals surface area contributed by atoms with Gasteiger partial charge in [0.1, 0.15) is 0 Å². The van der Waals surface area contributed by atoms with Crippen LogP contribution in [0.1, 0.15) is 28.2 Å². The average Bonchev–Trinajstić information content (AvgIpc) is 3.01. The summed E-state index contributed by atoms with van der Waals surface area (Å²) in [4.78, 5) is 9.42. The maximum absolute atomic E-state index is 6.21. The van der Waals surface area contributed by atoms with Crippen LogP contribution in [0.4, 0.5) is 0 Å². The number of aromatic nitrogens is 2. The van der Waals surface area contributed by atoms with Crippen molar-refractivity contribution in [1.29, 1.82) is 0 Å². The first-order valence-corrected chi connectivity index (χ1v) is 8.73. The van der Waals surface area contributed by atoms with Crippen LogP contribution in [-0.2, 0) is 0 Å². The Morgan fingerprint density at radius 3 is 2.76 bits per heavy atom. The standard InChI is InChI=1S/C16H19N3S2/c1-9-4-5-12-13(8-9)19-16(18-12)21-15(11(3)17)14-10(2)6-7-20-14/h4-8,11,15H,17H2,1-3H3,(H,18,19). The van der Waals surface area contributed by atoms with Crippen LogP contribution in [0.3, 0.4) is 0 Å². The Labute approximate surface area is 133 Å². The molecular weight excluding hydrogens is 298 g/mol. The van der Waals surface area contributed by atoms with Gasteiger partial charge in [0.2, 0.25) is 0 Å². The van der Waals surface area contributed by atoms with Crippen LogP contribution in [0, 0.1) is 13.8 Å². The predicted octanol–water partition coefficient (Wildman–Crippen LogP) is 4.42. The zero-order valence-electron chi connectivity index (χ0n) is 12.4. The highest BCUT2D eigenvalue weighted by Crippen LogP contribution is 2.40. The van der Waals surface area contributed by atoms with Crippen LogP contribution in [0.25, 0.3) is 11.0 Å². The monoisotopic (exact) mass is 317 g/mol. The molecule has 0 aliphatic heterocycles. The number of imidazole rings is 1. The number of H-pyrrole nitrogens is 1. The Kier molecular flexibility index (Phi) is 4.06. The molecule has 110 valence electrons. The van der Waals surface area contributed by atoms with Crippen molar-refractivity contribution in [2.24, 2.45) is 5.73 Å². The van der Waals surface area contributed by atoms with Crippen LogP contribution < -0.4 is 5.73 Å². The zero-order chi connectivity index (χ0) is 15.0. The topological polar surface area (TPSA) is 54.7 Å². The summed E-state index contributed by atoms with van der Waals surface area (Å²) in [6.45, 7) is 6.29. The molecule has 21 heavy (non-hydrogen) atoms. The van der Waals surface area contributed by atoms with Crippen molar-refractivity contribution in [3.8, 4) is 0 Å². The molecule has 2 aromatic heterocycles. The molecule has 0 aliphatic rings. The van der Waals surface area contributed by atoms with Crippen LogP contribution in [-0.4, -0.2) is 16.0 Å². The van der Waals surface area contributed by atoms with Crippen LogP contribution in [0.15, 0.2) is 34.8 Å². The van der Waals surface area contributed by atoms with E-state index in [0.717, 1.165) is 16.2 Å². The maximum Gasteiger partial charge on any atom is 0.167 e. The molecule has 3 nitrogen and oxygen atoms in total. The molecule has 3 N–H and O–H groups in total. The smallest absolute Gasteiger partial charge is 0.167 e. The van der Waals surface area contributed by atoms with Gasteiger partial charge in [0.05, 0.1) is 16.3 Å². The number of nitrogens with zero attached hydrogens (tertiary/aromatic N) is 1. The van der Waals surface area contributed by atoms with E-state index >= 15 is 0 Å². The van der Waals surface area contributed by atoms with Crippen molar-refractivity contribution >= 4 is 34.1 Å². The number of nitrogens with one attached hydrogen (secondary N) is 1. The molecule has 0 radical (unpaired) electrons. The number of hydrogen-bond donors (Lipinski definition) is 2. The summed E-state index contributed by atoms with van der Waals surface area (Å²) in [5.74, 6) is 0. The van der Waals surface area contributed by atoms with Gasteiger partial charge in [-0.05, 0) is 55.5 Å². The van der Waals surface area contributed by atoms with Gasteiger partial charge < -0.3 is 10.7 Å². The summed E-state index contributed by atoms with van der Waals surface area (Å²) < 4.78 is 0. The fourth-order valence-electron chi connectivity index (χ4n) is 2.35. The van der Waals surface area contributed by atoms with Gasteiger partial charge in [0.25, 0.3) is 0 Å². The number of aromatic amines is 1. The maximum atomic E-state index is 6.21. The third-order valence-electron chi connectivity index (χ3n) is 3.49. The highest BCUT2D eigenvalue weighted by Gasteiger charge is 2.22. The fraction of sp³-hybridized carbons (Fsp3) is 0.312. The average molecular weight is 317 g/mol. The summed E-state index contributed by atoms with van der Waals surface area (Å²) in [6.07, 6.45) is 0. The third kappa shape index (κ3) is 3.00. The van der Waals surface area contributed by atoms with Crippen molar-refractivity contribution in [1.82, 2.24) is 9.97 Å². The number of thioether (sulfide) groups is 1. The van der Waals surface area contributed by atoms with Gasteiger partial charge in [-0.15, -0.1) is 11.3 Å². The highest BCUT2D eigenvalue weighted by molar-refractivity contribution is 7.99. The lowest BCUT2D eigenvalue weighted by Crippen LogP contribution is -2.22. The molecule has 5 heteroatoms. The fourth-order valence-corrected chi connectivity index (χ4v) is 4.75. The first kappa shape index (κ1) is 14.6. The third-order valence-corrected chi connectivity index (χ3v) is 6.08. The number of thiophene rings is 1. The van der Waals surface area contributed by atoms with E-state index < -0.39 is 0 Å². The molecule has 1 aromatic carbocycles. The Hall–Kier alpha value is -1.30. The lowest BCUT2D eigenvalue weighted by Gasteiger charge is -2.18. The van der Waals surface area contributed by atoms with Gasteiger partial charge in [0, 0.05) is 10.9 Å². The van der Waals surface area contributed by atoms with E-state index in [9.17, 15) is 0 Å². The molecule has 3 rings (SSSR count). The summed E-state index contributed by atoms with van der Waals surface area (Å²) in [7, 11) is 0. The number of nitrogens with two attached hydrogens (primary N) is 1. The second-order valence-electron chi connectivity index (χ2n) is 5.43. The molecule has 0 saturated heterocycles. The molecule has 2 atom stereocenters. The first-order chi connectivity index (χ1) is 10.0. The molecule has 0 spiro atoms. The summed E-state index contributed by atoms with van der Waals surface area (Å²) in [5, 5.41) is 3.29. The van der Waals surface area contributed by atoms with Gasteiger partial charge in [-0.1, -0.05) is 17.8 Å². The zero-order valence-corrected chi connectivity index (χ0v) is 14.0. The van der Waals surface area contributed by atoms with Crippen LogP contribution in [0.5, 0.6) is 0 Å². The minimum Gasteiger partial charge on any atom is -0.333 e. The molecule has 0 amide bonds. The second-order valence-corrected chi connectivity index (χ2v) is 7.51. The number of fused-ring (bicyclic) bond motifs is 1. The predicted molar refractivity (Wildman–Crippen MR) is 92.1 cm³/mol. The van der Waals surface area contributed by atoms with E-state index in [1.165, 1.54) is 16.0 Å². The van der Waals surface area contributed by atoms with E-state index in [1.54, 1.807) is 23.1 Å². The largest absolute Gasteiger partial charge is 0.333 e. The Morgan fingerprint density at radius 2 is 2.10 bits per heavy atom. The SMILES string of the molecule is Cc1ccc2nc(SC(c3sccc3C)C(C)N)[nH]c2c1. The molecule has 0 fully saturated rings. The molecule has 2 unspecified atom stereocenters. The molecule has 0 aliphatic carbocycles. The lowest BCUT2D eigenvalue weighted by molar-refractivity contribution is 0.725. The van der Waals surface area contributed by atoms with Crippen LogP contribution in [0.2, 0.25) is 0 Å². The van der Waals surface area contributed by atoms with Gasteiger partial charge in [-0.25, -0.2) is 4.98 Å². The van der Waals surface area contributed by atoms with Crippen LogP contribution >= 0.6 is 23.1 Å². The van der Waals surface area contributed by atoms with Gasteiger partial charge >= 0.3 is 0 Å². The summed E-state index contributed by atoms with van der Waals surface area (Å²) in [6, 6.07) is 8.50. The second kappa shape index (κ2) is 5.83. The molecule has 0 saturated carbocycles. The Balaban J connectivity index is 1.93. The molecule has 0 bridgehead atoms. The van der Waals surface area contributed by atoms with E-state index in [4.69, 9.17) is 5.73 Å². The Morgan fingerprint density at radius 1 is 1.29 bits per heavy atom. The minimum atomic E-state index is 0.0716. The van der Waals surface area contributed by atoms with E-state index in [2.05, 4.69) is 60.4 Å². The van der Waals surface area contributed by atoms with Crippen molar-refractivity contribution in [2.45, 2.75) is 37.2 Å². The molecule has 3 aromatic rings. The van der Waals surface area contributed by atoms with Crippen molar-refractivity contribution in [3.63, 3.8) is 0 Å². The lowest BCUT2D eigenvalue weighted by atomic mass is 10.1. The van der Waals surface area contributed by atoms with E-state index in [-0.39, 0.29) is 11.3 Å². The number of rotatable bonds is 4. The van der Waals surface area contributed by atoms with Gasteiger partial charge in [0.15, 0.2) is 5.16 Å². The van der Waals surface area contributed by atoms with E-state index in [0.29, 0.717) is 0 Å². The minimum absolute atomic E-state index is 0.0716. The first-order valence-electron chi connectivity index (χ1n) is 6.97. The van der Waals surface area contributed by atoms with Crippen molar-refractivity contribution in [3.05, 3.63) is 45.6 Å². The highest BCUT2D eigenvalue weighted by atomic mass is 32.2. The van der Waals surface area contributed by atoms with Gasteiger partial charge in [-0.2, -0.15) is 0 Å². The number of hydrogen-bond acceptors (Lipinski definition) is 4. The quantitative estimate of drug-likeness (QED) is 0.700. The normalized spacial score (nSPS) is 14.5. The van der Waals surface area contributed by atoms with E-state index in [1.807, 2.05) is 0 Å². The number of aryl methyl sites for hydroxylation is 2. The Bertz CT molecular complexity index is 758. The van der Waals surface area contributed by atoms with Crippen molar-refractivity contribution < 1.29 is 0 Å². The van der Waals surface area contributed by atoms with Crippen molar-refractivity contribution in [2.75, 3.05) is 0 Å². The van der Waals surface area contributed by atoms with Gasteiger partial charge in [-0.3, -0.25) is 0 Å². The summed E-state index contributed by atoms with van der Waals surface area (Å²) in [5.41, 5.74) is 10.8. The summed E-state index contributed by atoms with van der Waals surface area (Å²) >= 11 is 3.49.